The second-order valence-electron chi connectivity index (χ2n) is 6.47. The number of aromatic nitrogens is 1. The summed E-state index contributed by atoms with van der Waals surface area (Å²) in [5.74, 6) is 0. The molecule has 0 bridgehead atoms. The van der Waals surface area contributed by atoms with Crippen LogP contribution in [0.1, 0.15) is 63.6 Å². The fourth-order valence-corrected chi connectivity index (χ4v) is 3.79. The molecule has 1 aliphatic carbocycles. The summed E-state index contributed by atoms with van der Waals surface area (Å²) in [6.07, 6.45) is 6.24. The molecule has 1 fully saturated rings. The Bertz CT molecular complexity index is 385. The predicted octanol–water partition coefficient (Wildman–Crippen LogP) is 4.25. The van der Waals surface area contributed by atoms with Crippen LogP contribution in [0.15, 0.2) is 5.38 Å². The van der Waals surface area contributed by atoms with Gasteiger partial charge in [0.1, 0.15) is 5.01 Å². The third kappa shape index (κ3) is 2.94. The molecule has 0 atom stereocenters. The lowest BCUT2D eigenvalue weighted by molar-refractivity contribution is 0.134. The van der Waals surface area contributed by atoms with Crippen LogP contribution in [0.3, 0.4) is 0 Å². The summed E-state index contributed by atoms with van der Waals surface area (Å²) in [6.45, 7) is 10.2. The van der Waals surface area contributed by atoms with Crippen LogP contribution in [0.25, 0.3) is 0 Å². The van der Waals surface area contributed by atoms with Crippen LogP contribution < -0.4 is 5.32 Å². The minimum absolute atomic E-state index is 0.157. The van der Waals surface area contributed by atoms with Gasteiger partial charge in [-0.15, -0.1) is 11.3 Å². The molecular formula is C15H26N2S. The Hall–Kier alpha value is -0.410. The van der Waals surface area contributed by atoms with E-state index < -0.39 is 0 Å². The molecule has 1 aromatic heterocycles. The summed E-state index contributed by atoms with van der Waals surface area (Å²) in [4.78, 5) is 4.76. The molecule has 1 N–H and O–H groups in total. The SMILES string of the molecule is CCCNC1(c2nc(C)cs2)CCC(C)(C)CC1. The van der Waals surface area contributed by atoms with Gasteiger partial charge in [-0.25, -0.2) is 4.98 Å². The molecule has 0 unspecified atom stereocenters. The molecule has 18 heavy (non-hydrogen) atoms. The van der Waals surface area contributed by atoms with Crippen molar-refractivity contribution in [3.63, 3.8) is 0 Å². The number of thiazole rings is 1. The van der Waals surface area contributed by atoms with E-state index in [4.69, 9.17) is 4.98 Å². The van der Waals surface area contributed by atoms with Gasteiger partial charge in [0.2, 0.25) is 0 Å². The van der Waals surface area contributed by atoms with E-state index in [1.807, 2.05) is 11.3 Å². The lowest BCUT2D eigenvalue weighted by Crippen LogP contribution is -2.47. The average molecular weight is 266 g/mol. The third-order valence-corrected chi connectivity index (χ3v) is 5.36. The minimum Gasteiger partial charge on any atom is -0.305 e. The number of nitrogens with zero attached hydrogens (tertiary/aromatic N) is 1. The zero-order valence-corrected chi connectivity index (χ0v) is 13.0. The highest BCUT2D eigenvalue weighted by Gasteiger charge is 2.40. The van der Waals surface area contributed by atoms with Crippen LogP contribution in [0, 0.1) is 12.3 Å². The Morgan fingerprint density at radius 3 is 2.44 bits per heavy atom. The summed E-state index contributed by atoms with van der Waals surface area (Å²) in [7, 11) is 0. The highest BCUT2D eigenvalue weighted by atomic mass is 32.1. The largest absolute Gasteiger partial charge is 0.305 e. The quantitative estimate of drug-likeness (QED) is 0.881. The average Bonchev–Trinajstić information content (AvgIpc) is 2.76. The molecule has 2 rings (SSSR count). The second kappa shape index (κ2) is 5.30. The summed E-state index contributed by atoms with van der Waals surface area (Å²) < 4.78 is 0. The first-order valence-corrected chi connectivity index (χ1v) is 8.03. The van der Waals surface area contributed by atoms with Crippen molar-refractivity contribution in [3.05, 3.63) is 16.1 Å². The van der Waals surface area contributed by atoms with Gasteiger partial charge in [-0.1, -0.05) is 20.8 Å². The van der Waals surface area contributed by atoms with Gasteiger partial charge in [0.15, 0.2) is 0 Å². The molecule has 1 saturated carbocycles. The number of rotatable bonds is 4. The Labute approximate surface area is 115 Å². The molecule has 3 heteroatoms. The van der Waals surface area contributed by atoms with Gasteiger partial charge in [0.05, 0.1) is 5.54 Å². The highest BCUT2D eigenvalue weighted by Crippen LogP contribution is 2.45. The van der Waals surface area contributed by atoms with Crippen molar-refractivity contribution in [2.45, 2.75) is 65.3 Å². The number of hydrogen-bond donors (Lipinski definition) is 1. The third-order valence-electron chi connectivity index (χ3n) is 4.20. The first-order valence-electron chi connectivity index (χ1n) is 7.15. The van der Waals surface area contributed by atoms with Gasteiger partial charge in [0, 0.05) is 11.1 Å². The molecule has 0 radical (unpaired) electrons. The second-order valence-corrected chi connectivity index (χ2v) is 7.33. The smallest absolute Gasteiger partial charge is 0.113 e. The molecular weight excluding hydrogens is 240 g/mol. The Morgan fingerprint density at radius 1 is 1.28 bits per heavy atom. The van der Waals surface area contributed by atoms with Gasteiger partial charge in [-0.3, -0.25) is 0 Å². The normalized spacial score (nSPS) is 22.0. The summed E-state index contributed by atoms with van der Waals surface area (Å²) in [5, 5.41) is 7.29. The number of hydrogen-bond acceptors (Lipinski definition) is 3. The maximum absolute atomic E-state index is 4.76. The van der Waals surface area contributed by atoms with Gasteiger partial charge in [-0.05, 0) is 51.0 Å². The van der Waals surface area contributed by atoms with Crippen molar-refractivity contribution >= 4 is 11.3 Å². The lowest BCUT2D eigenvalue weighted by Gasteiger charge is -2.43. The zero-order chi connectivity index (χ0) is 13.2. The van der Waals surface area contributed by atoms with Crippen molar-refractivity contribution in [2.75, 3.05) is 6.54 Å². The van der Waals surface area contributed by atoms with E-state index >= 15 is 0 Å². The first kappa shape index (κ1) is 14.0. The fourth-order valence-electron chi connectivity index (χ4n) is 2.76. The van der Waals surface area contributed by atoms with Gasteiger partial charge < -0.3 is 5.32 Å². The molecule has 102 valence electrons. The molecule has 0 saturated heterocycles. The first-order chi connectivity index (χ1) is 8.47. The Morgan fingerprint density at radius 2 is 1.94 bits per heavy atom. The van der Waals surface area contributed by atoms with E-state index in [1.165, 1.54) is 37.1 Å². The zero-order valence-electron chi connectivity index (χ0n) is 12.2. The van der Waals surface area contributed by atoms with E-state index in [1.54, 1.807) is 0 Å². The molecule has 0 aliphatic heterocycles. The standard InChI is InChI=1S/C15H26N2S/c1-5-10-16-15(13-17-12(2)11-18-13)8-6-14(3,4)7-9-15/h11,16H,5-10H2,1-4H3. The molecule has 1 heterocycles. The molecule has 0 amide bonds. The highest BCUT2D eigenvalue weighted by molar-refractivity contribution is 7.09. The Balaban J connectivity index is 2.19. The Kier molecular flexibility index (Phi) is 4.12. The summed E-state index contributed by atoms with van der Waals surface area (Å²) >= 11 is 1.83. The van der Waals surface area contributed by atoms with Gasteiger partial charge in [0.25, 0.3) is 0 Å². The van der Waals surface area contributed by atoms with Gasteiger partial charge in [-0.2, -0.15) is 0 Å². The maximum atomic E-state index is 4.76. The molecule has 1 aromatic rings. The monoisotopic (exact) mass is 266 g/mol. The summed E-state index contributed by atoms with van der Waals surface area (Å²) in [5.41, 5.74) is 1.83. The van der Waals surface area contributed by atoms with Crippen LogP contribution in [0.4, 0.5) is 0 Å². The predicted molar refractivity (Wildman–Crippen MR) is 79.1 cm³/mol. The maximum Gasteiger partial charge on any atom is 0.113 e. The van der Waals surface area contributed by atoms with Crippen molar-refractivity contribution in [2.24, 2.45) is 5.41 Å². The van der Waals surface area contributed by atoms with Crippen molar-refractivity contribution < 1.29 is 0 Å². The van der Waals surface area contributed by atoms with Crippen molar-refractivity contribution in [1.29, 1.82) is 0 Å². The van der Waals surface area contributed by atoms with Crippen molar-refractivity contribution in [3.8, 4) is 0 Å². The molecule has 0 spiro atoms. The molecule has 0 aromatic carbocycles. The van der Waals surface area contributed by atoms with E-state index in [9.17, 15) is 0 Å². The van der Waals surface area contributed by atoms with E-state index in [0.29, 0.717) is 5.41 Å². The molecule has 1 aliphatic rings. The van der Waals surface area contributed by atoms with E-state index in [-0.39, 0.29) is 5.54 Å². The van der Waals surface area contributed by atoms with Gasteiger partial charge >= 0.3 is 0 Å². The van der Waals surface area contributed by atoms with Crippen LogP contribution in [-0.4, -0.2) is 11.5 Å². The van der Waals surface area contributed by atoms with Crippen LogP contribution in [-0.2, 0) is 5.54 Å². The lowest BCUT2D eigenvalue weighted by atomic mass is 9.69. The van der Waals surface area contributed by atoms with Crippen molar-refractivity contribution in [1.82, 2.24) is 10.3 Å². The van der Waals surface area contributed by atoms with E-state index in [0.717, 1.165) is 12.2 Å². The van der Waals surface area contributed by atoms with Crippen LogP contribution >= 0.6 is 11.3 Å². The summed E-state index contributed by atoms with van der Waals surface area (Å²) in [6, 6.07) is 0. The van der Waals surface area contributed by atoms with E-state index in [2.05, 4.69) is 38.4 Å². The fraction of sp³-hybridized carbons (Fsp3) is 0.800. The molecule has 2 nitrogen and oxygen atoms in total. The van der Waals surface area contributed by atoms with Crippen LogP contribution in [0.2, 0.25) is 0 Å². The van der Waals surface area contributed by atoms with Crippen LogP contribution in [0.5, 0.6) is 0 Å². The minimum atomic E-state index is 0.157. The topological polar surface area (TPSA) is 24.9 Å². The number of nitrogens with one attached hydrogen (secondary N) is 1. The number of aryl methyl sites for hydroxylation is 1.